The van der Waals surface area contributed by atoms with E-state index in [4.69, 9.17) is 18.9 Å². The van der Waals surface area contributed by atoms with Crippen molar-refractivity contribution in [3.63, 3.8) is 0 Å². The van der Waals surface area contributed by atoms with Crippen LogP contribution in [0, 0.1) is 0 Å². The van der Waals surface area contributed by atoms with Gasteiger partial charge in [-0.15, -0.1) is 0 Å². The van der Waals surface area contributed by atoms with Gasteiger partial charge in [0.1, 0.15) is 5.52 Å². The fourth-order valence-corrected chi connectivity index (χ4v) is 4.25. The van der Waals surface area contributed by atoms with Crippen LogP contribution in [0.15, 0.2) is 46.9 Å². The minimum Gasteiger partial charge on any atom is -0.445 e. The summed E-state index contributed by atoms with van der Waals surface area (Å²) in [5.74, 6) is 1.66. The quantitative estimate of drug-likeness (QED) is 0.449. The molecule has 3 aromatic heterocycles. The summed E-state index contributed by atoms with van der Waals surface area (Å²) in [7, 11) is 0. The molecule has 180 valence electrons. The molecule has 4 aromatic rings. The number of ether oxygens (including phenoxy) is 2. The summed E-state index contributed by atoms with van der Waals surface area (Å²) in [6, 6.07) is 13.5. The zero-order chi connectivity index (χ0) is 23.6. The Balaban J connectivity index is 1.34. The van der Waals surface area contributed by atoms with Crippen molar-refractivity contribution in [2.45, 2.75) is 0 Å². The van der Waals surface area contributed by atoms with E-state index in [9.17, 15) is 4.79 Å². The third kappa shape index (κ3) is 4.43. The van der Waals surface area contributed by atoms with Gasteiger partial charge < -0.3 is 29.0 Å². The molecule has 11 nitrogen and oxygen atoms in total. The van der Waals surface area contributed by atoms with Crippen molar-refractivity contribution in [1.82, 2.24) is 25.1 Å². The molecule has 2 N–H and O–H groups in total. The summed E-state index contributed by atoms with van der Waals surface area (Å²) < 4.78 is 16.9. The lowest BCUT2D eigenvalue weighted by Crippen LogP contribution is -2.40. The Bertz CT molecular complexity index is 1320. The Morgan fingerprint density at radius 3 is 2.46 bits per heavy atom. The third-order valence-electron chi connectivity index (χ3n) is 6.08. The van der Waals surface area contributed by atoms with E-state index in [1.165, 1.54) is 0 Å². The van der Waals surface area contributed by atoms with Crippen LogP contribution in [0.2, 0.25) is 0 Å². The number of benzene rings is 1. The van der Waals surface area contributed by atoms with E-state index in [0.29, 0.717) is 81.3 Å². The number of carbonyl (C=O) groups excluding carboxylic acids is 1. The number of nitrogens with one attached hydrogen (secondary N) is 2. The molecule has 0 spiro atoms. The largest absolute Gasteiger partial charge is 0.445 e. The Morgan fingerprint density at radius 2 is 1.69 bits per heavy atom. The van der Waals surface area contributed by atoms with Crippen molar-refractivity contribution in [2.24, 2.45) is 0 Å². The molecule has 2 aliphatic heterocycles. The Labute approximate surface area is 201 Å². The van der Waals surface area contributed by atoms with E-state index >= 15 is 0 Å². The fourth-order valence-electron chi connectivity index (χ4n) is 4.25. The molecule has 1 aromatic carbocycles. The van der Waals surface area contributed by atoms with Crippen molar-refractivity contribution in [3.8, 4) is 11.3 Å². The minimum atomic E-state index is -0.173. The number of nitrogens with zero attached hydrogens (tertiary/aromatic N) is 5. The highest BCUT2D eigenvalue weighted by Gasteiger charge is 2.26. The van der Waals surface area contributed by atoms with Crippen LogP contribution in [0.5, 0.6) is 0 Å². The number of fused-ring (bicyclic) bond motifs is 1. The number of furan rings is 1. The maximum Gasteiger partial charge on any atom is 0.289 e. The number of hydrogen-bond acceptors (Lipinski definition) is 9. The first-order valence-electron chi connectivity index (χ1n) is 11.6. The second kappa shape index (κ2) is 9.35. The van der Waals surface area contributed by atoms with Crippen LogP contribution >= 0.6 is 0 Å². The predicted octanol–water partition coefficient (Wildman–Crippen LogP) is 2.67. The fraction of sp³-hybridized carbons (Fsp3) is 0.333. The molecular weight excluding hydrogens is 450 g/mol. The number of rotatable bonds is 5. The molecule has 11 heteroatoms. The van der Waals surface area contributed by atoms with Gasteiger partial charge in [-0.05, 0) is 5.56 Å². The lowest BCUT2D eigenvalue weighted by molar-refractivity contribution is 0.0284. The molecule has 2 aliphatic rings. The summed E-state index contributed by atoms with van der Waals surface area (Å²) in [5, 5.41) is 10.6. The summed E-state index contributed by atoms with van der Waals surface area (Å²) in [6.07, 6.45) is 0. The molecule has 35 heavy (non-hydrogen) atoms. The van der Waals surface area contributed by atoms with Gasteiger partial charge in [-0.1, -0.05) is 30.3 Å². The van der Waals surface area contributed by atoms with Gasteiger partial charge in [-0.25, -0.2) is 4.98 Å². The standard InChI is InChI=1S/C24H25N7O4/c32-23(31-8-12-34-13-9-31)19-14-18-21(35-19)22(30-6-10-33-11-7-30)27-24(25-18)26-20-15-17(28-29-20)16-4-2-1-3-5-16/h1-5,14-15H,6-13H2,(H2,25,26,27,28,29). The second-order valence-electron chi connectivity index (χ2n) is 8.36. The molecule has 6 rings (SSSR count). The highest BCUT2D eigenvalue weighted by atomic mass is 16.5. The van der Waals surface area contributed by atoms with Crippen LogP contribution in [0.3, 0.4) is 0 Å². The van der Waals surface area contributed by atoms with Crippen LogP contribution in [-0.2, 0) is 9.47 Å². The molecule has 2 saturated heterocycles. The van der Waals surface area contributed by atoms with Crippen LogP contribution < -0.4 is 10.2 Å². The van der Waals surface area contributed by atoms with Crippen molar-refractivity contribution in [3.05, 3.63) is 48.2 Å². The molecule has 0 saturated carbocycles. The monoisotopic (exact) mass is 475 g/mol. The first-order chi connectivity index (χ1) is 17.2. The number of carbonyl (C=O) groups is 1. The summed E-state index contributed by atoms with van der Waals surface area (Å²) in [5.41, 5.74) is 2.95. The molecule has 0 unspecified atom stereocenters. The number of H-pyrrole nitrogens is 1. The average molecular weight is 476 g/mol. The van der Waals surface area contributed by atoms with Gasteiger partial charge in [0.2, 0.25) is 5.95 Å². The van der Waals surface area contributed by atoms with Gasteiger partial charge in [0.15, 0.2) is 23.0 Å². The minimum absolute atomic E-state index is 0.173. The second-order valence-corrected chi connectivity index (χ2v) is 8.36. The van der Waals surface area contributed by atoms with Gasteiger partial charge in [0.25, 0.3) is 5.91 Å². The lowest BCUT2D eigenvalue weighted by atomic mass is 10.2. The van der Waals surface area contributed by atoms with Crippen LogP contribution in [0.25, 0.3) is 22.4 Å². The first kappa shape index (κ1) is 21.6. The molecule has 1 amide bonds. The van der Waals surface area contributed by atoms with Crippen LogP contribution in [0.4, 0.5) is 17.6 Å². The number of amides is 1. The maximum absolute atomic E-state index is 13.0. The van der Waals surface area contributed by atoms with Crippen molar-refractivity contribution < 1.29 is 18.7 Å². The van der Waals surface area contributed by atoms with E-state index in [1.807, 2.05) is 36.4 Å². The Kier molecular flexibility index (Phi) is 5.76. The zero-order valence-electron chi connectivity index (χ0n) is 19.1. The van der Waals surface area contributed by atoms with E-state index in [1.54, 1.807) is 11.0 Å². The summed E-state index contributed by atoms with van der Waals surface area (Å²) in [6.45, 7) is 4.63. The van der Waals surface area contributed by atoms with E-state index in [0.717, 1.165) is 11.3 Å². The van der Waals surface area contributed by atoms with Gasteiger partial charge >= 0.3 is 0 Å². The topological polar surface area (TPSA) is 122 Å². The number of aromatic amines is 1. The molecular formula is C24H25N7O4. The highest BCUT2D eigenvalue weighted by molar-refractivity contribution is 5.97. The molecule has 0 atom stereocenters. The van der Waals surface area contributed by atoms with Gasteiger partial charge in [-0.2, -0.15) is 10.1 Å². The average Bonchev–Trinajstić information content (AvgIpc) is 3.57. The number of morpholine rings is 2. The van der Waals surface area contributed by atoms with Gasteiger partial charge in [0, 0.05) is 38.3 Å². The third-order valence-corrected chi connectivity index (χ3v) is 6.08. The molecule has 2 fully saturated rings. The number of anilines is 3. The number of hydrogen-bond donors (Lipinski definition) is 2. The zero-order valence-corrected chi connectivity index (χ0v) is 19.1. The van der Waals surface area contributed by atoms with Crippen molar-refractivity contribution in [1.29, 1.82) is 0 Å². The number of aromatic nitrogens is 4. The molecule has 0 aliphatic carbocycles. The van der Waals surface area contributed by atoms with Crippen molar-refractivity contribution >= 4 is 34.6 Å². The SMILES string of the molecule is O=C(c1cc2nc(Nc3cc(-c4ccccc4)[nH]n3)nc(N3CCOCC3)c2o1)N1CCOCC1. The van der Waals surface area contributed by atoms with Crippen LogP contribution in [-0.4, -0.2) is 83.6 Å². The predicted molar refractivity (Wildman–Crippen MR) is 129 cm³/mol. The Morgan fingerprint density at radius 1 is 0.943 bits per heavy atom. The van der Waals surface area contributed by atoms with E-state index in [-0.39, 0.29) is 11.7 Å². The molecule has 0 bridgehead atoms. The van der Waals surface area contributed by atoms with Gasteiger partial charge in [0.05, 0.1) is 32.1 Å². The normalized spacial score (nSPS) is 16.6. The summed E-state index contributed by atoms with van der Waals surface area (Å²) in [4.78, 5) is 26.2. The first-order valence-corrected chi connectivity index (χ1v) is 11.6. The lowest BCUT2D eigenvalue weighted by Gasteiger charge is -2.27. The highest BCUT2D eigenvalue weighted by Crippen LogP contribution is 2.31. The van der Waals surface area contributed by atoms with Crippen LogP contribution in [0.1, 0.15) is 10.6 Å². The molecule has 5 heterocycles. The van der Waals surface area contributed by atoms with Crippen molar-refractivity contribution in [2.75, 3.05) is 62.8 Å². The smallest absolute Gasteiger partial charge is 0.289 e. The molecule has 0 radical (unpaired) electrons. The van der Waals surface area contributed by atoms with E-state index in [2.05, 4.69) is 25.4 Å². The maximum atomic E-state index is 13.0. The van der Waals surface area contributed by atoms with Gasteiger partial charge in [-0.3, -0.25) is 9.89 Å². The Hall–Kier alpha value is -3.96. The van der Waals surface area contributed by atoms with E-state index < -0.39 is 0 Å². The summed E-state index contributed by atoms with van der Waals surface area (Å²) >= 11 is 0.